The van der Waals surface area contributed by atoms with Gasteiger partial charge in [-0.1, -0.05) is 0 Å². The summed E-state index contributed by atoms with van der Waals surface area (Å²) < 4.78 is 0. The Morgan fingerprint density at radius 1 is 1.67 bits per heavy atom. The first kappa shape index (κ1) is 8.52. The van der Waals surface area contributed by atoms with Crippen LogP contribution in [0.5, 0.6) is 0 Å². The predicted molar refractivity (Wildman–Crippen MR) is 43.1 cm³/mol. The molecule has 0 aliphatic heterocycles. The van der Waals surface area contributed by atoms with Gasteiger partial charge in [0.1, 0.15) is 0 Å². The lowest BCUT2D eigenvalue weighted by Gasteiger charge is -1.99. The lowest BCUT2D eigenvalue weighted by molar-refractivity contribution is -0.136. The average Bonchev–Trinajstić information content (AvgIpc) is 1.98. The number of carboxylic acid groups (broad SMARTS) is 1. The van der Waals surface area contributed by atoms with Crippen LogP contribution < -0.4 is 5.56 Å². The highest BCUT2D eigenvalue weighted by Gasteiger charge is 2.05. The van der Waals surface area contributed by atoms with Crippen molar-refractivity contribution in [2.75, 3.05) is 0 Å². The zero-order chi connectivity index (χ0) is 9.14. The van der Waals surface area contributed by atoms with E-state index in [2.05, 4.69) is 4.98 Å². The molecule has 0 bridgehead atoms. The average molecular weight is 167 g/mol. The van der Waals surface area contributed by atoms with E-state index in [0.717, 1.165) is 0 Å². The van der Waals surface area contributed by atoms with Crippen LogP contribution in [0.1, 0.15) is 11.1 Å². The van der Waals surface area contributed by atoms with Gasteiger partial charge in [0, 0.05) is 11.8 Å². The fourth-order valence-corrected chi connectivity index (χ4v) is 0.951. The topological polar surface area (TPSA) is 70.2 Å². The molecule has 0 saturated carbocycles. The van der Waals surface area contributed by atoms with Gasteiger partial charge in [-0.2, -0.15) is 0 Å². The fourth-order valence-electron chi connectivity index (χ4n) is 0.951. The van der Waals surface area contributed by atoms with Crippen molar-refractivity contribution in [2.24, 2.45) is 0 Å². The molecule has 0 fully saturated rings. The molecule has 0 spiro atoms. The van der Waals surface area contributed by atoms with Gasteiger partial charge in [0.25, 0.3) is 5.56 Å². The van der Waals surface area contributed by atoms with E-state index < -0.39 is 5.97 Å². The number of carboxylic acids is 1. The highest BCUT2D eigenvalue weighted by atomic mass is 16.4. The van der Waals surface area contributed by atoms with Crippen LogP contribution in [0.3, 0.4) is 0 Å². The molecule has 1 rings (SSSR count). The summed E-state index contributed by atoms with van der Waals surface area (Å²) in [6, 6.07) is 1.60. The molecule has 1 aromatic heterocycles. The van der Waals surface area contributed by atoms with E-state index in [4.69, 9.17) is 5.11 Å². The third kappa shape index (κ3) is 1.72. The van der Waals surface area contributed by atoms with Crippen molar-refractivity contribution in [3.8, 4) is 0 Å². The quantitative estimate of drug-likeness (QED) is 0.666. The van der Waals surface area contributed by atoms with Crippen molar-refractivity contribution < 1.29 is 9.90 Å². The zero-order valence-electron chi connectivity index (χ0n) is 6.63. The third-order valence-corrected chi connectivity index (χ3v) is 1.66. The minimum absolute atomic E-state index is 0.101. The molecular weight excluding hydrogens is 158 g/mol. The monoisotopic (exact) mass is 167 g/mol. The van der Waals surface area contributed by atoms with Gasteiger partial charge in [0.05, 0.1) is 6.42 Å². The van der Waals surface area contributed by atoms with Crippen molar-refractivity contribution in [3.63, 3.8) is 0 Å². The second-order valence-corrected chi connectivity index (χ2v) is 2.53. The molecule has 12 heavy (non-hydrogen) atoms. The Kier molecular flexibility index (Phi) is 2.28. The summed E-state index contributed by atoms with van der Waals surface area (Å²) >= 11 is 0. The number of aliphatic carboxylic acids is 1. The molecule has 0 amide bonds. The van der Waals surface area contributed by atoms with E-state index in [9.17, 15) is 9.59 Å². The number of carbonyl (C=O) groups is 1. The van der Waals surface area contributed by atoms with Crippen LogP contribution in [0, 0.1) is 6.92 Å². The Morgan fingerprint density at radius 2 is 2.33 bits per heavy atom. The number of pyridine rings is 1. The Balaban J connectivity index is 3.08. The SMILES string of the molecule is Cc1c(CC(=O)O)cc[nH]c1=O. The van der Waals surface area contributed by atoms with E-state index in [0.29, 0.717) is 11.1 Å². The first-order valence-electron chi connectivity index (χ1n) is 3.50. The van der Waals surface area contributed by atoms with Gasteiger partial charge in [-0.25, -0.2) is 0 Å². The maximum absolute atomic E-state index is 11.0. The molecule has 4 heteroatoms. The van der Waals surface area contributed by atoms with Crippen molar-refractivity contribution in [1.82, 2.24) is 4.98 Å². The largest absolute Gasteiger partial charge is 0.481 e. The molecule has 0 unspecified atom stereocenters. The zero-order valence-corrected chi connectivity index (χ0v) is 6.63. The van der Waals surface area contributed by atoms with E-state index >= 15 is 0 Å². The maximum atomic E-state index is 11.0. The molecule has 0 saturated heterocycles. The number of hydrogen-bond donors (Lipinski definition) is 2. The van der Waals surface area contributed by atoms with Gasteiger partial charge in [-0.15, -0.1) is 0 Å². The van der Waals surface area contributed by atoms with Crippen LogP contribution in [0.15, 0.2) is 17.1 Å². The summed E-state index contributed by atoms with van der Waals surface area (Å²) in [6.45, 7) is 1.61. The van der Waals surface area contributed by atoms with E-state index in [1.165, 1.54) is 6.20 Å². The van der Waals surface area contributed by atoms with Gasteiger partial charge in [0.15, 0.2) is 0 Å². The summed E-state index contributed by atoms with van der Waals surface area (Å²) in [5.74, 6) is -0.927. The minimum atomic E-state index is -0.927. The molecular formula is C8H9NO3. The van der Waals surface area contributed by atoms with Crippen LogP contribution in [0.2, 0.25) is 0 Å². The second-order valence-electron chi connectivity index (χ2n) is 2.53. The number of rotatable bonds is 2. The summed E-state index contributed by atoms with van der Waals surface area (Å²) in [4.78, 5) is 23.8. The Bertz CT molecular complexity index is 354. The summed E-state index contributed by atoms with van der Waals surface area (Å²) in [5.41, 5.74) is 0.805. The number of nitrogens with one attached hydrogen (secondary N) is 1. The van der Waals surface area contributed by atoms with E-state index in [1.807, 2.05) is 0 Å². The second kappa shape index (κ2) is 3.21. The van der Waals surface area contributed by atoms with Crippen LogP contribution in [0.4, 0.5) is 0 Å². The highest BCUT2D eigenvalue weighted by Crippen LogP contribution is 2.01. The number of aromatic amines is 1. The molecule has 1 heterocycles. The van der Waals surface area contributed by atoms with Crippen molar-refractivity contribution >= 4 is 5.97 Å². The van der Waals surface area contributed by atoms with Crippen molar-refractivity contribution in [3.05, 3.63) is 33.7 Å². The van der Waals surface area contributed by atoms with E-state index in [-0.39, 0.29) is 12.0 Å². The molecule has 0 aliphatic rings. The van der Waals surface area contributed by atoms with Gasteiger partial charge >= 0.3 is 5.97 Å². The Hall–Kier alpha value is -1.58. The Labute approximate surface area is 68.9 Å². The van der Waals surface area contributed by atoms with Crippen LogP contribution in [-0.4, -0.2) is 16.1 Å². The lowest BCUT2D eigenvalue weighted by atomic mass is 10.1. The molecule has 2 N–H and O–H groups in total. The summed E-state index contributed by atoms with van der Waals surface area (Å²) in [6.07, 6.45) is 1.35. The number of aromatic nitrogens is 1. The van der Waals surface area contributed by atoms with Gasteiger partial charge in [-0.3, -0.25) is 9.59 Å². The number of H-pyrrole nitrogens is 1. The highest BCUT2D eigenvalue weighted by molar-refractivity contribution is 5.70. The van der Waals surface area contributed by atoms with Crippen molar-refractivity contribution in [1.29, 1.82) is 0 Å². The van der Waals surface area contributed by atoms with Gasteiger partial charge in [-0.05, 0) is 18.6 Å². The van der Waals surface area contributed by atoms with Crippen molar-refractivity contribution in [2.45, 2.75) is 13.3 Å². The normalized spacial score (nSPS) is 9.75. The number of hydrogen-bond acceptors (Lipinski definition) is 2. The summed E-state index contributed by atoms with van der Waals surface area (Å²) in [7, 11) is 0. The predicted octanol–water partition coefficient (Wildman–Crippen LogP) is 0.310. The van der Waals surface area contributed by atoms with Crippen LogP contribution in [0.25, 0.3) is 0 Å². The van der Waals surface area contributed by atoms with Crippen LogP contribution in [-0.2, 0) is 11.2 Å². The van der Waals surface area contributed by atoms with E-state index in [1.54, 1.807) is 13.0 Å². The van der Waals surface area contributed by atoms with Gasteiger partial charge < -0.3 is 10.1 Å². The third-order valence-electron chi connectivity index (χ3n) is 1.66. The molecule has 0 radical (unpaired) electrons. The molecule has 64 valence electrons. The fraction of sp³-hybridized carbons (Fsp3) is 0.250. The molecule has 0 aromatic carbocycles. The lowest BCUT2D eigenvalue weighted by Crippen LogP contribution is -2.13. The maximum Gasteiger partial charge on any atom is 0.307 e. The Morgan fingerprint density at radius 3 is 2.92 bits per heavy atom. The standard InChI is InChI=1S/C8H9NO3/c1-5-6(4-7(10)11)2-3-9-8(5)12/h2-3H,4H2,1H3,(H,9,12)(H,10,11). The first-order chi connectivity index (χ1) is 5.61. The molecule has 0 atom stereocenters. The first-order valence-corrected chi connectivity index (χ1v) is 3.50. The molecule has 1 aromatic rings. The summed E-state index contributed by atoms with van der Waals surface area (Å²) in [5, 5.41) is 8.47. The molecule has 0 aliphatic carbocycles. The van der Waals surface area contributed by atoms with Gasteiger partial charge in [0.2, 0.25) is 0 Å². The molecule has 4 nitrogen and oxygen atoms in total. The van der Waals surface area contributed by atoms with Crippen LogP contribution >= 0.6 is 0 Å². The smallest absolute Gasteiger partial charge is 0.307 e. The minimum Gasteiger partial charge on any atom is -0.481 e.